The Kier molecular flexibility index (Phi) is 10.2. The number of hydrogen-bond acceptors (Lipinski definition) is 3. The van der Waals surface area contributed by atoms with Crippen molar-refractivity contribution in [2.75, 3.05) is 26.7 Å². The Labute approximate surface area is 203 Å². The number of nitrogens with zero attached hydrogens (tertiary/aromatic N) is 2. The lowest BCUT2D eigenvalue weighted by Gasteiger charge is -2.31. The van der Waals surface area contributed by atoms with E-state index >= 15 is 0 Å². The molecule has 2 aromatic carbocycles. The van der Waals surface area contributed by atoms with Crippen molar-refractivity contribution in [2.45, 2.75) is 37.6 Å². The lowest BCUT2D eigenvalue weighted by Crippen LogP contribution is -2.44. The number of hydrogen-bond donors (Lipinski definition) is 2. The van der Waals surface area contributed by atoms with Crippen LogP contribution in [0.2, 0.25) is 0 Å². The van der Waals surface area contributed by atoms with Crippen LogP contribution in [0.5, 0.6) is 0 Å². The zero-order chi connectivity index (χ0) is 21.4. The van der Waals surface area contributed by atoms with Gasteiger partial charge in [0.05, 0.1) is 4.90 Å². The molecule has 2 N–H and O–H groups in total. The number of aliphatic imine (C=N–C) groups is 1. The highest BCUT2D eigenvalue weighted by molar-refractivity contribution is 14.0. The first kappa shape index (κ1) is 25.6. The summed E-state index contributed by atoms with van der Waals surface area (Å²) in [7, 11) is -1.62. The van der Waals surface area contributed by atoms with Gasteiger partial charge >= 0.3 is 0 Å². The highest BCUT2D eigenvalue weighted by Gasteiger charge is 2.29. The van der Waals surface area contributed by atoms with Crippen LogP contribution < -0.4 is 10.6 Å². The van der Waals surface area contributed by atoms with Gasteiger partial charge in [-0.3, -0.25) is 4.99 Å². The van der Waals surface area contributed by atoms with E-state index in [0.29, 0.717) is 23.9 Å². The Morgan fingerprint density at radius 1 is 1.00 bits per heavy atom. The second-order valence-electron chi connectivity index (χ2n) is 7.59. The first-order valence-corrected chi connectivity index (χ1v) is 12.0. The fourth-order valence-electron chi connectivity index (χ4n) is 3.81. The molecule has 1 heterocycles. The van der Waals surface area contributed by atoms with Gasteiger partial charge in [-0.1, -0.05) is 49.4 Å². The Balaban J connectivity index is 0.00000341. The summed E-state index contributed by atoms with van der Waals surface area (Å²) < 4.78 is 27.1. The molecule has 31 heavy (non-hydrogen) atoms. The highest BCUT2D eigenvalue weighted by Crippen LogP contribution is 2.23. The molecule has 170 valence electrons. The van der Waals surface area contributed by atoms with Crippen molar-refractivity contribution in [3.05, 3.63) is 65.7 Å². The molecule has 0 aromatic heterocycles. The van der Waals surface area contributed by atoms with Crippen molar-refractivity contribution in [3.8, 4) is 0 Å². The Hall–Kier alpha value is -1.65. The quantitative estimate of drug-likeness (QED) is 0.311. The van der Waals surface area contributed by atoms with E-state index in [9.17, 15) is 8.42 Å². The van der Waals surface area contributed by atoms with Gasteiger partial charge in [-0.15, -0.1) is 24.0 Å². The molecule has 1 aliphatic heterocycles. The van der Waals surface area contributed by atoms with Gasteiger partial charge < -0.3 is 10.6 Å². The van der Waals surface area contributed by atoms with Crippen LogP contribution in [0, 0.1) is 5.92 Å². The van der Waals surface area contributed by atoms with E-state index in [1.807, 2.05) is 6.07 Å². The molecule has 0 amide bonds. The van der Waals surface area contributed by atoms with Crippen LogP contribution in [0.3, 0.4) is 0 Å². The second-order valence-corrected chi connectivity index (χ2v) is 9.53. The zero-order valence-corrected chi connectivity index (χ0v) is 21.4. The summed E-state index contributed by atoms with van der Waals surface area (Å²) in [5, 5.41) is 6.79. The first-order valence-electron chi connectivity index (χ1n) is 10.6. The minimum absolute atomic E-state index is 0. The molecular weight excluding hydrogens is 523 g/mol. The predicted octanol–water partition coefficient (Wildman–Crippen LogP) is 3.63. The zero-order valence-electron chi connectivity index (χ0n) is 18.3. The van der Waals surface area contributed by atoms with Gasteiger partial charge in [-0.25, -0.2) is 8.42 Å². The molecule has 6 nitrogen and oxygen atoms in total. The van der Waals surface area contributed by atoms with E-state index in [-0.39, 0.29) is 24.0 Å². The van der Waals surface area contributed by atoms with Crippen LogP contribution in [0.15, 0.2) is 64.5 Å². The molecule has 0 unspecified atom stereocenters. The first-order chi connectivity index (χ1) is 14.5. The van der Waals surface area contributed by atoms with Crippen molar-refractivity contribution in [3.63, 3.8) is 0 Å². The van der Waals surface area contributed by atoms with Crippen molar-refractivity contribution in [2.24, 2.45) is 10.9 Å². The summed E-state index contributed by atoms with van der Waals surface area (Å²) in [5.41, 5.74) is 2.62. The number of halogens is 1. The van der Waals surface area contributed by atoms with Gasteiger partial charge in [0.2, 0.25) is 10.0 Å². The largest absolute Gasteiger partial charge is 0.356 e. The number of guanidine groups is 1. The highest BCUT2D eigenvalue weighted by atomic mass is 127. The molecule has 1 fully saturated rings. The van der Waals surface area contributed by atoms with Crippen molar-refractivity contribution in [1.82, 2.24) is 14.9 Å². The molecule has 8 heteroatoms. The van der Waals surface area contributed by atoms with Crippen LogP contribution in [0.25, 0.3) is 0 Å². The minimum Gasteiger partial charge on any atom is -0.356 e. The maximum Gasteiger partial charge on any atom is 0.243 e. The van der Waals surface area contributed by atoms with Crippen LogP contribution in [-0.4, -0.2) is 45.4 Å². The molecule has 0 atom stereocenters. The van der Waals surface area contributed by atoms with Crippen LogP contribution in [0.4, 0.5) is 0 Å². The number of benzene rings is 2. The Morgan fingerprint density at radius 3 is 2.23 bits per heavy atom. The minimum atomic E-state index is -3.39. The molecule has 1 aliphatic rings. The van der Waals surface area contributed by atoms with Gasteiger partial charge in [0.25, 0.3) is 0 Å². The fourth-order valence-corrected chi connectivity index (χ4v) is 5.30. The Bertz CT molecular complexity index is 943. The average molecular weight is 557 g/mol. The van der Waals surface area contributed by atoms with Crippen LogP contribution in [-0.2, 0) is 23.0 Å². The van der Waals surface area contributed by atoms with Gasteiger partial charge in [0, 0.05) is 33.2 Å². The van der Waals surface area contributed by atoms with E-state index in [1.54, 1.807) is 35.6 Å². The lowest BCUT2D eigenvalue weighted by atomic mass is 9.98. The van der Waals surface area contributed by atoms with E-state index in [4.69, 9.17) is 0 Å². The number of sulfonamides is 1. The standard InChI is InChI=1S/C23H32N4O2S.HI/c1-3-20-9-7-8-10-21(20)18-26-23(24-2)25-17-19-13-15-27(16-14-19)30(28,29)22-11-5-4-6-12-22;/h4-12,19H,3,13-18H2,1-2H3,(H2,24,25,26);1H. The molecule has 0 spiro atoms. The number of nitrogens with one attached hydrogen (secondary N) is 2. The average Bonchev–Trinajstić information content (AvgIpc) is 2.80. The summed E-state index contributed by atoms with van der Waals surface area (Å²) in [6, 6.07) is 17.1. The summed E-state index contributed by atoms with van der Waals surface area (Å²) in [6.45, 7) is 4.79. The van der Waals surface area contributed by atoms with Crippen LogP contribution >= 0.6 is 24.0 Å². The number of rotatable bonds is 7. The third kappa shape index (κ3) is 6.92. The van der Waals surface area contributed by atoms with Gasteiger partial charge in [0.1, 0.15) is 0 Å². The molecule has 1 saturated heterocycles. The summed E-state index contributed by atoms with van der Waals surface area (Å²) in [6.07, 6.45) is 2.69. The summed E-state index contributed by atoms with van der Waals surface area (Å²) in [4.78, 5) is 4.70. The van der Waals surface area contributed by atoms with Crippen molar-refractivity contribution >= 4 is 40.0 Å². The Morgan fingerprint density at radius 2 is 1.61 bits per heavy atom. The smallest absolute Gasteiger partial charge is 0.243 e. The molecule has 0 aliphatic carbocycles. The van der Waals surface area contributed by atoms with E-state index in [0.717, 1.165) is 38.3 Å². The van der Waals surface area contributed by atoms with E-state index in [2.05, 4.69) is 46.8 Å². The molecular formula is C23H33IN4O2S. The topological polar surface area (TPSA) is 73.8 Å². The normalized spacial score (nSPS) is 15.9. The third-order valence-electron chi connectivity index (χ3n) is 5.68. The van der Waals surface area contributed by atoms with E-state index < -0.39 is 10.0 Å². The molecule has 2 aromatic rings. The molecule has 0 saturated carbocycles. The molecule has 3 rings (SSSR count). The van der Waals surface area contributed by atoms with Crippen LogP contribution in [0.1, 0.15) is 30.9 Å². The number of piperidine rings is 1. The van der Waals surface area contributed by atoms with Gasteiger partial charge in [-0.2, -0.15) is 4.31 Å². The lowest BCUT2D eigenvalue weighted by molar-refractivity contribution is 0.273. The van der Waals surface area contributed by atoms with Gasteiger partial charge in [0.15, 0.2) is 5.96 Å². The van der Waals surface area contributed by atoms with Crippen molar-refractivity contribution < 1.29 is 8.42 Å². The second kappa shape index (κ2) is 12.4. The molecule has 0 radical (unpaired) electrons. The summed E-state index contributed by atoms with van der Waals surface area (Å²) in [5.74, 6) is 1.20. The van der Waals surface area contributed by atoms with Gasteiger partial charge in [-0.05, 0) is 48.4 Å². The number of aryl methyl sites for hydroxylation is 1. The SMILES string of the molecule is CCc1ccccc1CNC(=NC)NCC1CCN(S(=O)(=O)c2ccccc2)CC1.I. The predicted molar refractivity (Wildman–Crippen MR) is 137 cm³/mol. The molecule has 0 bridgehead atoms. The van der Waals surface area contributed by atoms with E-state index in [1.165, 1.54) is 11.1 Å². The summed E-state index contributed by atoms with van der Waals surface area (Å²) >= 11 is 0. The third-order valence-corrected chi connectivity index (χ3v) is 7.59. The fraction of sp³-hybridized carbons (Fsp3) is 0.435. The monoisotopic (exact) mass is 556 g/mol. The maximum absolute atomic E-state index is 12.8. The van der Waals surface area contributed by atoms with Crippen molar-refractivity contribution in [1.29, 1.82) is 0 Å². The maximum atomic E-state index is 12.8.